The summed E-state index contributed by atoms with van der Waals surface area (Å²) in [5.74, 6) is -1.13. The van der Waals surface area contributed by atoms with E-state index in [1.54, 1.807) is 39.0 Å². The Morgan fingerprint density at radius 2 is 2.00 bits per heavy atom. The molecule has 1 atom stereocenters. The summed E-state index contributed by atoms with van der Waals surface area (Å²) in [4.78, 5) is 11.0. The molecule has 0 aliphatic heterocycles. The van der Waals surface area contributed by atoms with Crippen molar-refractivity contribution in [2.24, 2.45) is 0 Å². The summed E-state index contributed by atoms with van der Waals surface area (Å²) in [5.41, 5.74) is 0.127. The second kappa shape index (κ2) is 6.89. The number of halogens is 1. The minimum absolute atomic E-state index is 0.150. The first-order chi connectivity index (χ1) is 9.49. The Labute approximate surface area is 133 Å². The molecule has 2 N–H and O–H groups in total. The van der Waals surface area contributed by atoms with E-state index in [4.69, 9.17) is 5.11 Å². The first kappa shape index (κ1) is 18.1. The maximum absolute atomic E-state index is 12.4. The molecule has 0 aliphatic carbocycles. The number of carboxylic acid groups (broad SMARTS) is 1. The maximum atomic E-state index is 12.4. The Morgan fingerprint density at radius 3 is 2.48 bits per heavy atom. The number of carbonyl (C=O) groups is 1. The lowest BCUT2D eigenvalue weighted by molar-refractivity contribution is -0.137. The molecule has 1 aromatic rings. The predicted octanol–water partition coefficient (Wildman–Crippen LogP) is 2.55. The molecule has 1 rings (SSSR count). The number of carboxylic acids is 1. The highest BCUT2D eigenvalue weighted by Gasteiger charge is 2.31. The first-order valence-electron chi connectivity index (χ1n) is 6.48. The first-order valence-corrected chi connectivity index (χ1v) is 8.82. The molecule has 118 valence electrons. The normalized spacial score (nSPS) is 13.9. The van der Waals surface area contributed by atoms with Crippen LogP contribution in [0.4, 0.5) is 0 Å². The van der Waals surface area contributed by atoms with E-state index in [9.17, 15) is 13.2 Å². The van der Waals surface area contributed by atoms with Crippen molar-refractivity contribution in [2.45, 2.75) is 44.4 Å². The fourth-order valence-electron chi connectivity index (χ4n) is 1.92. The van der Waals surface area contributed by atoms with E-state index >= 15 is 0 Å². The van der Waals surface area contributed by atoms with Crippen LogP contribution in [0, 0.1) is 0 Å². The molecule has 21 heavy (non-hydrogen) atoms. The lowest BCUT2D eigenvalue weighted by Crippen LogP contribution is -2.46. The van der Waals surface area contributed by atoms with Crippen LogP contribution < -0.4 is 4.72 Å². The van der Waals surface area contributed by atoms with Crippen LogP contribution in [0.15, 0.2) is 28.7 Å². The summed E-state index contributed by atoms with van der Waals surface area (Å²) in [6.45, 7) is 5.17. The molecule has 0 saturated heterocycles. The van der Waals surface area contributed by atoms with Crippen LogP contribution in [-0.4, -0.2) is 30.3 Å². The molecule has 1 aromatic carbocycles. The minimum Gasteiger partial charge on any atom is -0.481 e. The molecule has 0 fully saturated rings. The Balaban J connectivity index is 3.03. The zero-order chi connectivity index (χ0) is 16.3. The molecule has 0 spiro atoms. The van der Waals surface area contributed by atoms with Crippen molar-refractivity contribution in [3.8, 4) is 0 Å². The number of sulfonamides is 1. The van der Waals surface area contributed by atoms with Crippen molar-refractivity contribution in [3.05, 3.63) is 34.3 Å². The van der Waals surface area contributed by atoms with Gasteiger partial charge >= 0.3 is 5.97 Å². The fourth-order valence-corrected chi connectivity index (χ4v) is 4.16. The second-order valence-electron chi connectivity index (χ2n) is 5.95. The fraction of sp³-hybridized carbons (Fsp3) is 0.500. The molecule has 0 aromatic heterocycles. The molecule has 0 bridgehead atoms. The lowest BCUT2D eigenvalue weighted by atomic mass is 10.1. The van der Waals surface area contributed by atoms with Crippen molar-refractivity contribution >= 4 is 31.9 Å². The van der Waals surface area contributed by atoms with Gasteiger partial charge in [-0.1, -0.05) is 28.1 Å². The molecule has 5 nitrogen and oxygen atoms in total. The summed E-state index contributed by atoms with van der Waals surface area (Å²) >= 11 is 3.32. The molecular weight excluding hydrogens is 358 g/mol. The van der Waals surface area contributed by atoms with Crippen molar-refractivity contribution < 1.29 is 18.3 Å². The molecular formula is C14H20BrNO4S. The molecule has 0 aliphatic rings. The van der Waals surface area contributed by atoms with Crippen LogP contribution in [0.1, 0.15) is 32.8 Å². The zero-order valence-electron chi connectivity index (χ0n) is 12.3. The summed E-state index contributed by atoms with van der Waals surface area (Å²) < 4.78 is 28.1. The van der Waals surface area contributed by atoms with E-state index in [2.05, 4.69) is 20.7 Å². The summed E-state index contributed by atoms with van der Waals surface area (Å²) in [7, 11) is -3.73. The van der Waals surface area contributed by atoms with Gasteiger partial charge < -0.3 is 5.11 Å². The highest BCUT2D eigenvalue weighted by Crippen LogP contribution is 2.18. The zero-order valence-corrected chi connectivity index (χ0v) is 14.7. The third-order valence-corrected chi connectivity index (χ3v) is 5.24. The van der Waals surface area contributed by atoms with Gasteiger partial charge in [0, 0.05) is 10.0 Å². The molecule has 0 saturated carbocycles. The maximum Gasteiger partial charge on any atom is 0.304 e. The smallest absolute Gasteiger partial charge is 0.304 e. The van der Waals surface area contributed by atoms with E-state index in [1.807, 2.05) is 6.07 Å². The number of benzene rings is 1. The minimum atomic E-state index is -3.73. The van der Waals surface area contributed by atoms with Crippen LogP contribution in [0.2, 0.25) is 0 Å². The molecule has 0 heterocycles. The average molecular weight is 378 g/mol. The highest BCUT2D eigenvalue weighted by molar-refractivity contribution is 9.10. The van der Waals surface area contributed by atoms with E-state index in [1.165, 1.54) is 0 Å². The summed E-state index contributed by atoms with van der Waals surface area (Å²) in [6, 6.07) is 7.20. The van der Waals surface area contributed by atoms with Gasteiger partial charge in [0.05, 0.1) is 11.7 Å². The van der Waals surface area contributed by atoms with Gasteiger partial charge in [-0.15, -0.1) is 0 Å². The number of hydrogen-bond acceptors (Lipinski definition) is 3. The van der Waals surface area contributed by atoms with Crippen LogP contribution in [0.3, 0.4) is 0 Å². The van der Waals surface area contributed by atoms with Gasteiger partial charge in [0.25, 0.3) is 0 Å². The Hall–Kier alpha value is -0.920. The van der Waals surface area contributed by atoms with E-state index in [0.29, 0.717) is 0 Å². The topological polar surface area (TPSA) is 83.5 Å². The van der Waals surface area contributed by atoms with Crippen molar-refractivity contribution in [1.29, 1.82) is 0 Å². The molecule has 0 amide bonds. The van der Waals surface area contributed by atoms with Gasteiger partial charge in [-0.3, -0.25) is 4.79 Å². The van der Waals surface area contributed by atoms with Crippen LogP contribution in [0.5, 0.6) is 0 Å². The Bertz CT molecular complexity index is 608. The quantitative estimate of drug-likeness (QED) is 0.797. The van der Waals surface area contributed by atoms with Crippen LogP contribution >= 0.6 is 15.9 Å². The Kier molecular flexibility index (Phi) is 5.95. The molecule has 7 heteroatoms. The third kappa shape index (κ3) is 6.58. The highest BCUT2D eigenvalue weighted by atomic mass is 79.9. The van der Waals surface area contributed by atoms with E-state index in [-0.39, 0.29) is 6.42 Å². The van der Waals surface area contributed by atoms with Crippen molar-refractivity contribution in [2.75, 3.05) is 0 Å². The van der Waals surface area contributed by atoms with Crippen LogP contribution in [0.25, 0.3) is 0 Å². The van der Waals surface area contributed by atoms with E-state index < -0.39 is 33.2 Å². The lowest BCUT2D eigenvalue weighted by Gasteiger charge is -2.25. The van der Waals surface area contributed by atoms with Crippen molar-refractivity contribution in [1.82, 2.24) is 4.72 Å². The van der Waals surface area contributed by atoms with Crippen LogP contribution in [-0.2, 0) is 21.2 Å². The third-order valence-electron chi connectivity index (χ3n) is 2.64. The van der Waals surface area contributed by atoms with Gasteiger partial charge in [0.15, 0.2) is 0 Å². The van der Waals surface area contributed by atoms with Gasteiger partial charge in [-0.05, 0) is 44.9 Å². The molecule has 0 radical (unpaired) electrons. The Morgan fingerprint density at radius 1 is 1.38 bits per heavy atom. The van der Waals surface area contributed by atoms with Gasteiger partial charge in [0.2, 0.25) is 10.0 Å². The largest absolute Gasteiger partial charge is 0.481 e. The number of rotatable bonds is 6. The van der Waals surface area contributed by atoms with Crippen molar-refractivity contribution in [3.63, 3.8) is 0 Å². The summed E-state index contributed by atoms with van der Waals surface area (Å²) in [6.07, 6.45) is -0.283. The monoisotopic (exact) mass is 377 g/mol. The van der Waals surface area contributed by atoms with E-state index in [0.717, 1.165) is 10.0 Å². The summed E-state index contributed by atoms with van der Waals surface area (Å²) in [5, 5.41) is 7.97. The SMILES string of the molecule is CC(C)(C)NS(=O)(=O)C(CC(=O)O)Cc1cccc(Br)c1. The number of nitrogens with one attached hydrogen (secondary N) is 1. The number of aliphatic carboxylic acids is 1. The van der Waals surface area contributed by atoms with Gasteiger partial charge in [-0.2, -0.15) is 0 Å². The van der Waals surface area contributed by atoms with Gasteiger partial charge in [0.1, 0.15) is 0 Å². The second-order valence-corrected chi connectivity index (χ2v) is 8.83. The number of hydrogen-bond donors (Lipinski definition) is 2. The molecule has 1 unspecified atom stereocenters. The standard InChI is InChI=1S/C14H20BrNO4S/c1-14(2,3)16-21(19,20)12(9-13(17)18)8-10-5-4-6-11(15)7-10/h4-7,12,16H,8-9H2,1-3H3,(H,17,18). The predicted molar refractivity (Wildman–Crippen MR) is 85.7 cm³/mol. The van der Waals surface area contributed by atoms with Gasteiger partial charge in [-0.25, -0.2) is 13.1 Å². The average Bonchev–Trinajstić information content (AvgIpc) is 2.24.